The van der Waals surface area contributed by atoms with E-state index in [-0.39, 0.29) is 5.91 Å². The third-order valence-corrected chi connectivity index (χ3v) is 6.01. The first kappa shape index (κ1) is 17.6. The van der Waals surface area contributed by atoms with Crippen molar-refractivity contribution in [3.05, 3.63) is 34.5 Å². The quantitative estimate of drug-likeness (QED) is 0.740. The molecule has 4 nitrogen and oxygen atoms in total. The minimum Gasteiger partial charge on any atom is -0.338 e. The summed E-state index contributed by atoms with van der Waals surface area (Å²) in [6, 6.07) is 4.57. The first-order valence-electron chi connectivity index (χ1n) is 9.15. The molecule has 0 aromatic carbocycles. The number of carbonyl (C=O) groups is 1. The average Bonchev–Trinajstić information content (AvgIpc) is 2.95. The molecule has 0 atom stereocenters. The summed E-state index contributed by atoms with van der Waals surface area (Å²) in [7, 11) is 0. The summed E-state index contributed by atoms with van der Waals surface area (Å²) >= 11 is 1.94. The Morgan fingerprint density at radius 3 is 2.29 bits per heavy atom. The van der Waals surface area contributed by atoms with Gasteiger partial charge in [-0.15, -0.1) is 17.9 Å². The largest absolute Gasteiger partial charge is 0.338 e. The van der Waals surface area contributed by atoms with E-state index >= 15 is 0 Å². The van der Waals surface area contributed by atoms with Crippen LogP contribution in [0.5, 0.6) is 0 Å². The number of hydrogen-bond acceptors (Lipinski definition) is 4. The lowest BCUT2D eigenvalue weighted by Crippen LogP contribution is -2.33. The molecular formula is C19H29N3OS. The van der Waals surface area contributed by atoms with Crippen LogP contribution in [-0.4, -0.2) is 59.9 Å². The smallest absolute Gasteiger partial charge is 0.224 e. The van der Waals surface area contributed by atoms with Crippen molar-refractivity contribution < 1.29 is 4.79 Å². The Labute approximate surface area is 149 Å². The summed E-state index contributed by atoms with van der Waals surface area (Å²) in [5, 5.41) is 0. The number of nitrogens with zero attached hydrogens (tertiary/aromatic N) is 3. The third-order valence-electron chi connectivity index (χ3n) is 4.96. The van der Waals surface area contributed by atoms with Crippen LogP contribution in [0.1, 0.15) is 35.4 Å². The van der Waals surface area contributed by atoms with Gasteiger partial charge in [0.15, 0.2) is 0 Å². The van der Waals surface area contributed by atoms with Gasteiger partial charge in [-0.05, 0) is 38.1 Å². The van der Waals surface area contributed by atoms with Gasteiger partial charge >= 0.3 is 0 Å². The van der Waals surface area contributed by atoms with E-state index in [1.807, 2.05) is 22.3 Å². The molecule has 3 heterocycles. The van der Waals surface area contributed by atoms with Crippen molar-refractivity contribution in [2.45, 2.75) is 38.8 Å². The van der Waals surface area contributed by atoms with Gasteiger partial charge in [-0.3, -0.25) is 14.6 Å². The molecule has 0 spiro atoms. The molecule has 1 aromatic rings. The highest BCUT2D eigenvalue weighted by Crippen LogP contribution is 2.22. The zero-order chi connectivity index (χ0) is 16.8. The topological polar surface area (TPSA) is 26.8 Å². The van der Waals surface area contributed by atoms with Crippen LogP contribution in [0.3, 0.4) is 0 Å². The number of thiophene rings is 1. The predicted octanol–water partition coefficient (Wildman–Crippen LogP) is 2.95. The molecule has 0 bridgehead atoms. The average molecular weight is 348 g/mol. The number of amides is 1. The monoisotopic (exact) mass is 347 g/mol. The molecule has 0 radical (unpaired) electrons. The second kappa shape index (κ2) is 8.79. The standard InChI is InChI=1S/C19H29N3OS/c1-2-9-22-14-13-21(12-8-19(22)23)16-18-7-6-17(24-18)15-20-10-4-3-5-11-20/h2,6-7H,1,3-5,8-16H2. The van der Waals surface area contributed by atoms with Crippen molar-refractivity contribution in [1.29, 1.82) is 0 Å². The molecular weight excluding hydrogens is 318 g/mol. The summed E-state index contributed by atoms with van der Waals surface area (Å²) in [4.78, 5) is 21.9. The van der Waals surface area contributed by atoms with Gasteiger partial charge in [0.2, 0.25) is 5.91 Å². The maximum Gasteiger partial charge on any atom is 0.224 e. The van der Waals surface area contributed by atoms with E-state index in [2.05, 4.69) is 28.5 Å². The number of rotatable bonds is 6. The molecule has 132 valence electrons. The van der Waals surface area contributed by atoms with Crippen molar-refractivity contribution in [2.24, 2.45) is 0 Å². The number of carbonyl (C=O) groups excluding carboxylic acids is 1. The molecule has 1 amide bonds. The molecule has 2 aliphatic rings. The highest BCUT2D eigenvalue weighted by atomic mass is 32.1. The van der Waals surface area contributed by atoms with Crippen LogP contribution < -0.4 is 0 Å². The Kier molecular flexibility index (Phi) is 6.46. The lowest BCUT2D eigenvalue weighted by atomic mass is 10.1. The Morgan fingerprint density at radius 1 is 0.958 bits per heavy atom. The molecule has 0 saturated carbocycles. The van der Waals surface area contributed by atoms with Crippen molar-refractivity contribution in [2.75, 3.05) is 39.3 Å². The lowest BCUT2D eigenvalue weighted by Gasteiger charge is -2.25. The summed E-state index contributed by atoms with van der Waals surface area (Å²) in [5.41, 5.74) is 0. The van der Waals surface area contributed by atoms with Crippen LogP contribution in [-0.2, 0) is 17.9 Å². The second-order valence-corrected chi connectivity index (χ2v) is 8.11. The van der Waals surface area contributed by atoms with E-state index in [4.69, 9.17) is 0 Å². The molecule has 2 fully saturated rings. The minimum atomic E-state index is 0.259. The first-order chi connectivity index (χ1) is 11.7. The Morgan fingerprint density at radius 2 is 1.62 bits per heavy atom. The van der Waals surface area contributed by atoms with E-state index < -0.39 is 0 Å². The molecule has 0 aliphatic carbocycles. The Bertz CT molecular complexity index is 551. The molecule has 2 aliphatic heterocycles. The van der Waals surface area contributed by atoms with E-state index in [1.54, 1.807) is 0 Å². The fourth-order valence-corrected chi connectivity index (χ4v) is 4.67. The van der Waals surface area contributed by atoms with E-state index in [0.29, 0.717) is 13.0 Å². The highest BCUT2D eigenvalue weighted by molar-refractivity contribution is 7.11. The van der Waals surface area contributed by atoms with Gasteiger partial charge in [-0.25, -0.2) is 0 Å². The Hall–Kier alpha value is -1.17. The van der Waals surface area contributed by atoms with Gasteiger partial charge in [0, 0.05) is 55.4 Å². The van der Waals surface area contributed by atoms with Crippen LogP contribution >= 0.6 is 11.3 Å². The van der Waals surface area contributed by atoms with Gasteiger partial charge in [0.25, 0.3) is 0 Å². The fraction of sp³-hybridized carbons (Fsp3) is 0.632. The van der Waals surface area contributed by atoms with Gasteiger partial charge in [0.05, 0.1) is 0 Å². The maximum absolute atomic E-state index is 12.1. The van der Waals surface area contributed by atoms with Gasteiger partial charge < -0.3 is 4.90 Å². The fourth-order valence-electron chi connectivity index (χ4n) is 3.57. The van der Waals surface area contributed by atoms with Crippen molar-refractivity contribution in [3.63, 3.8) is 0 Å². The van der Waals surface area contributed by atoms with Gasteiger partial charge in [0.1, 0.15) is 0 Å². The summed E-state index contributed by atoms with van der Waals surface area (Å²) < 4.78 is 0. The van der Waals surface area contributed by atoms with Crippen LogP contribution in [0.4, 0.5) is 0 Å². The normalized spacial score (nSPS) is 21.0. The molecule has 5 heteroatoms. The number of piperidine rings is 1. The first-order valence-corrected chi connectivity index (χ1v) is 9.97. The number of hydrogen-bond donors (Lipinski definition) is 0. The second-order valence-electron chi connectivity index (χ2n) is 6.86. The van der Waals surface area contributed by atoms with E-state index in [1.165, 1.54) is 42.1 Å². The van der Waals surface area contributed by atoms with Crippen molar-refractivity contribution >= 4 is 17.2 Å². The van der Waals surface area contributed by atoms with Crippen LogP contribution in [0.2, 0.25) is 0 Å². The molecule has 0 N–H and O–H groups in total. The van der Waals surface area contributed by atoms with Gasteiger partial charge in [-0.1, -0.05) is 12.5 Å². The molecule has 24 heavy (non-hydrogen) atoms. The Balaban J connectivity index is 1.50. The lowest BCUT2D eigenvalue weighted by molar-refractivity contribution is -0.129. The summed E-state index contributed by atoms with van der Waals surface area (Å²) in [6.45, 7) is 11.6. The van der Waals surface area contributed by atoms with Crippen LogP contribution in [0.15, 0.2) is 24.8 Å². The highest BCUT2D eigenvalue weighted by Gasteiger charge is 2.20. The van der Waals surface area contributed by atoms with Crippen molar-refractivity contribution in [1.82, 2.24) is 14.7 Å². The molecule has 3 rings (SSSR count). The summed E-state index contributed by atoms with van der Waals surface area (Å²) in [6.07, 6.45) is 6.53. The third kappa shape index (κ3) is 4.91. The minimum absolute atomic E-state index is 0.259. The van der Waals surface area contributed by atoms with E-state index in [9.17, 15) is 4.79 Å². The zero-order valence-electron chi connectivity index (χ0n) is 14.6. The molecule has 1 aromatic heterocycles. The number of likely N-dealkylation sites (tertiary alicyclic amines) is 1. The van der Waals surface area contributed by atoms with Crippen LogP contribution in [0.25, 0.3) is 0 Å². The van der Waals surface area contributed by atoms with Gasteiger partial charge in [-0.2, -0.15) is 0 Å². The maximum atomic E-state index is 12.1. The zero-order valence-corrected chi connectivity index (χ0v) is 15.4. The molecule has 0 unspecified atom stereocenters. The van der Waals surface area contributed by atoms with E-state index in [0.717, 1.165) is 32.7 Å². The predicted molar refractivity (Wildman–Crippen MR) is 100 cm³/mol. The molecule has 2 saturated heterocycles. The summed E-state index contributed by atoms with van der Waals surface area (Å²) in [5.74, 6) is 0.259. The van der Waals surface area contributed by atoms with Crippen molar-refractivity contribution in [3.8, 4) is 0 Å². The van der Waals surface area contributed by atoms with Crippen LogP contribution in [0, 0.1) is 0 Å². The SMILES string of the molecule is C=CCN1CCN(Cc2ccc(CN3CCCCC3)s2)CCC1=O.